The van der Waals surface area contributed by atoms with Gasteiger partial charge in [0, 0.05) is 15.6 Å². The number of benzene rings is 2. The third kappa shape index (κ3) is 3.60. The minimum atomic E-state index is -0.0842. The normalized spacial score (nSPS) is 11.5. The molecule has 0 fully saturated rings. The van der Waals surface area contributed by atoms with Crippen molar-refractivity contribution in [2.75, 3.05) is 0 Å². The minimum Gasteiger partial charge on any atom is -0.455 e. The molecule has 0 aliphatic rings. The second-order valence-electron chi connectivity index (χ2n) is 5.57. The van der Waals surface area contributed by atoms with Crippen LogP contribution in [0.15, 0.2) is 36.4 Å². The van der Waals surface area contributed by atoms with Crippen LogP contribution in [0.3, 0.4) is 0 Å². The van der Waals surface area contributed by atoms with E-state index in [1.165, 1.54) is 0 Å². The van der Waals surface area contributed by atoms with Gasteiger partial charge in [0.15, 0.2) is 0 Å². The Kier molecular flexibility index (Phi) is 4.53. The fourth-order valence-corrected chi connectivity index (χ4v) is 2.47. The highest BCUT2D eigenvalue weighted by Gasteiger charge is 2.20. The molecule has 2 aromatic rings. The van der Waals surface area contributed by atoms with E-state index in [0.717, 1.165) is 11.3 Å². The molecule has 0 aliphatic heterocycles. The summed E-state index contributed by atoms with van der Waals surface area (Å²) >= 11 is 18.1. The van der Waals surface area contributed by atoms with Gasteiger partial charge in [-0.25, -0.2) is 0 Å². The van der Waals surface area contributed by atoms with Gasteiger partial charge in [-0.2, -0.15) is 0 Å². The lowest BCUT2D eigenvalue weighted by atomic mass is 9.86. The monoisotopic (exact) mass is 328 g/mol. The van der Waals surface area contributed by atoms with Gasteiger partial charge < -0.3 is 4.74 Å². The Hall–Kier alpha value is -0.890. The van der Waals surface area contributed by atoms with E-state index in [0.29, 0.717) is 20.8 Å². The number of halogens is 3. The van der Waals surface area contributed by atoms with Gasteiger partial charge >= 0.3 is 0 Å². The van der Waals surface area contributed by atoms with Gasteiger partial charge in [0.05, 0.1) is 5.02 Å². The Morgan fingerprint density at radius 2 is 1.35 bits per heavy atom. The Morgan fingerprint density at radius 1 is 0.800 bits per heavy atom. The molecule has 2 aromatic carbocycles. The van der Waals surface area contributed by atoms with Crippen LogP contribution in [-0.2, 0) is 5.41 Å². The zero-order valence-corrected chi connectivity index (χ0v) is 13.8. The van der Waals surface area contributed by atoms with Crippen LogP contribution in [-0.4, -0.2) is 0 Å². The van der Waals surface area contributed by atoms with E-state index in [1.54, 1.807) is 24.3 Å². The Morgan fingerprint density at radius 3 is 1.90 bits per heavy atom. The van der Waals surface area contributed by atoms with Crippen LogP contribution in [0.1, 0.15) is 26.3 Å². The number of hydrogen-bond acceptors (Lipinski definition) is 1. The van der Waals surface area contributed by atoms with Crippen molar-refractivity contribution >= 4 is 34.8 Å². The summed E-state index contributed by atoms with van der Waals surface area (Å²) in [6.07, 6.45) is 0. The Balaban J connectivity index is 2.43. The molecular formula is C16H15Cl3O. The predicted molar refractivity (Wildman–Crippen MR) is 86.7 cm³/mol. The van der Waals surface area contributed by atoms with E-state index in [2.05, 4.69) is 20.8 Å². The first-order valence-electron chi connectivity index (χ1n) is 6.20. The first-order valence-corrected chi connectivity index (χ1v) is 7.34. The lowest BCUT2D eigenvalue weighted by Crippen LogP contribution is -2.12. The van der Waals surface area contributed by atoms with Gasteiger partial charge in [-0.15, -0.1) is 0 Å². The molecule has 0 atom stereocenters. The van der Waals surface area contributed by atoms with Crippen molar-refractivity contribution < 1.29 is 4.74 Å². The topological polar surface area (TPSA) is 9.23 Å². The molecule has 20 heavy (non-hydrogen) atoms. The molecule has 0 unspecified atom stereocenters. The first-order chi connectivity index (χ1) is 9.27. The van der Waals surface area contributed by atoms with Gasteiger partial charge in [0.1, 0.15) is 11.5 Å². The standard InChI is InChI=1S/C16H15Cl3O/c1-16(2,3)12-8-10(17)4-6-14(12)20-15-7-5-11(18)9-13(15)19/h4-9H,1-3H3. The van der Waals surface area contributed by atoms with Crippen molar-refractivity contribution in [2.45, 2.75) is 26.2 Å². The molecule has 0 radical (unpaired) electrons. The summed E-state index contributed by atoms with van der Waals surface area (Å²) in [6.45, 7) is 6.32. The molecule has 4 heteroatoms. The second kappa shape index (κ2) is 5.85. The van der Waals surface area contributed by atoms with E-state index in [1.807, 2.05) is 12.1 Å². The van der Waals surface area contributed by atoms with E-state index in [-0.39, 0.29) is 5.41 Å². The first kappa shape index (κ1) is 15.5. The third-order valence-electron chi connectivity index (χ3n) is 2.86. The van der Waals surface area contributed by atoms with Crippen LogP contribution in [0, 0.1) is 0 Å². The van der Waals surface area contributed by atoms with Crippen molar-refractivity contribution in [1.82, 2.24) is 0 Å². The molecule has 0 saturated heterocycles. The van der Waals surface area contributed by atoms with Crippen LogP contribution in [0.25, 0.3) is 0 Å². The molecular weight excluding hydrogens is 315 g/mol. The van der Waals surface area contributed by atoms with Crippen LogP contribution >= 0.6 is 34.8 Å². The third-order valence-corrected chi connectivity index (χ3v) is 3.63. The zero-order chi connectivity index (χ0) is 14.9. The summed E-state index contributed by atoms with van der Waals surface area (Å²) in [4.78, 5) is 0. The van der Waals surface area contributed by atoms with Crippen LogP contribution in [0.5, 0.6) is 11.5 Å². The van der Waals surface area contributed by atoms with Gasteiger partial charge in [-0.1, -0.05) is 55.6 Å². The number of ether oxygens (including phenoxy) is 1. The van der Waals surface area contributed by atoms with Crippen molar-refractivity contribution in [2.24, 2.45) is 0 Å². The molecule has 0 aromatic heterocycles. The molecule has 0 N–H and O–H groups in total. The summed E-state index contributed by atoms with van der Waals surface area (Å²) in [5.41, 5.74) is 0.940. The van der Waals surface area contributed by atoms with Crippen molar-refractivity contribution in [3.63, 3.8) is 0 Å². The van der Waals surface area contributed by atoms with E-state index < -0.39 is 0 Å². The summed E-state index contributed by atoms with van der Waals surface area (Å²) in [5.74, 6) is 1.31. The number of rotatable bonds is 2. The van der Waals surface area contributed by atoms with Crippen LogP contribution in [0.2, 0.25) is 15.1 Å². The van der Waals surface area contributed by atoms with Crippen molar-refractivity contribution in [3.05, 3.63) is 57.0 Å². The highest BCUT2D eigenvalue weighted by atomic mass is 35.5. The average molecular weight is 330 g/mol. The maximum atomic E-state index is 6.14. The van der Waals surface area contributed by atoms with Gasteiger partial charge in [-0.05, 0) is 41.8 Å². The maximum Gasteiger partial charge on any atom is 0.146 e. The molecule has 0 saturated carbocycles. The van der Waals surface area contributed by atoms with Gasteiger partial charge in [-0.3, -0.25) is 0 Å². The highest BCUT2D eigenvalue weighted by Crippen LogP contribution is 2.38. The molecule has 0 aliphatic carbocycles. The quantitative estimate of drug-likeness (QED) is 0.593. The molecule has 1 nitrogen and oxygen atoms in total. The SMILES string of the molecule is CC(C)(C)c1cc(Cl)ccc1Oc1ccc(Cl)cc1Cl. The molecule has 106 valence electrons. The lowest BCUT2D eigenvalue weighted by molar-refractivity contribution is 0.455. The summed E-state index contributed by atoms with van der Waals surface area (Å²) in [7, 11) is 0. The summed E-state index contributed by atoms with van der Waals surface area (Å²) in [5, 5.41) is 1.74. The van der Waals surface area contributed by atoms with Crippen LogP contribution in [0.4, 0.5) is 0 Å². The Labute approximate surface area is 134 Å². The molecule has 0 bridgehead atoms. The van der Waals surface area contributed by atoms with E-state index in [4.69, 9.17) is 39.5 Å². The second-order valence-corrected chi connectivity index (χ2v) is 6.85. The molecule has 0 amide bonds. The van der Waals surface area contributed by atoms with Gasteiger partial charge in [0.2, 0.25) is 0 Å². The lowest BCUT2D eigenvalue weighted by Gasteiger charge is -2.23. The zero-order valence-electron chi connectivity index (χ0n) is 11.5. The maximum absolute atomic E-state index is 6.14. The molecule has 0 heterocycles. The fourth-order valence-electron chi connectivity index (χ4n) is 1.85. The Bertz CT molecular complexity index is 630. The minimum absolute atomic E-state index is 0.0842. The summed E-state index contributed by atoms with van der Waals surface area (Å²) < 4.78 is 5.93. The highest BCUT2D eigenvalue weighted by molar-refractivity contribution is 6.35. The molecule has 0 spiro atoms. The smallest absolute Gasteiger partial charge is 0.146 e. The summed E-state index contributed by atoms with van der Waals surface area (Å²) in [6, 6.07) is 10.7. The molecule has 2 rings (SSSR count). The van der Waals surface area contributed by atoms with Crippen molar-refractivity contribution in [1.29, 1.82) is 0 Å². The van der Waals surface area contributed by atoms with E-state index >= 15 is 0 Å². The van der Waals surface area contributed by atoms with Crippen molar-refractivity contribution in [3.8, 4) is 11.5 Å². The fraction of sp³-hybridized carbons (Fsp3) is 0.250. The van der Waals surface area contributed by atoms with Crippen LogP contribution < -0.4 is 4.74 Å². The average Bonchev–Trinajstić information content (AvgIpc) is 2.33. The largest absolute Gasteiger partial charge is 0.455 e. The predicted octanol–water partition coefficient (Wildman–Crippen LogP) is 6.74. The van der Waals surface area contributed by atoms with E-state index in [9.17, 15) is 0 Å². The van der Waals surface area contributed by atoms with Gasteiger partial charge in [0.25, 0.3) is 0 Å². The number of hydrogen-bond donors (Lipinski definition) is 0.